The Bertz CT molecular complexity index is 597. The number of hydrogen-bond donors (Lipinski definition) is 3. The zero-order valence-corrected chi connectivity index (χ0v) is 9.71. The highest BCUT2D eigenvalue weighted by atomic mass is 16.3. The fourth-order valence-corrected chi connectivity index (χ4v) is 1.51. The van der Waals surface area contributed by atoms with E-state index in [0.717, 1.165) is 5.56 Å². The van der Waals surface area contributed by atoms with Gasteiger partial charge in [0, 0.05) is 18.1 Å². The maximum atomic E-state index is 11.9. The summed E-state index contributed by atoms with van der Waals surface area (Å²) in [5.41, 5.74) is 1.44. The monoisotopic (exact) mass is 244 g/mol. The molecule has 18 heavy (non-hydrogen) atoms. The molecule has 0 aliphatic carbocycles. The smallest absolute Gasteiger partial charge is 0.259 e. The molecule has 5 nitrogen and oxygen atoms in total. The Morgan fingerprint density at radius 2 is 2.06 bits per heavy atom. The minimum Gasteiger partial charge on any atom is -0.508 e. The van der Waals surface area contributed by atoms with Crippen molar-refractivity contribution in [1.82, 2.24) is 4.98 Å². The molecule has 2 aromatic rings. The second-order valence-electron chi connectivity index (χ2n) is 3.85. The Balaban J connectivity index is 2.28. The van der Waals surface area contributed by atoms with Crippen molar-refractivity contribution in [3.05, 3.63) is 47.8 Å². The van der Waals surface area contributed by atoms with E-state index >= 15 is 0 Å². The van der Waals surface area contributed by atoms with Gasteiger partial charge in [-0.05, 0) is 36.8 Å². The first kappa shape index (κ1) is 11.9. The Labute approximate surface area is 104 Å². The minimum atomic E-state index is -0.488. The lowest BCUT2D eigenvalue weighted by Crippen LogP contribution is -2.13. The van der Waals surface area contributed by atoms with Gasteiger partial charge in [-0.15, -0.1) is 0 Å². The molecule has 5 heteroatoms. The van der Waals surface area contributed by atoms with E-state index in [0.29, 0.717) is 5.69 Å². The van der Waals surface area contributed by atoms with Gasteiger partial charge < -0.3 is 15.5 Å². The van der Waals surface area contributed by atoms with Crippen LogP contribution in [-0.2, 0) is 0 Å². The zero-order valence-electron chi connectivity index (χ0n) is 9.71. The number of phenolic OH excluding ortho intramolecular Hbond substituents is 2. The molecule has 0 fully saturated rings. The van der Waals surface area contributed by atoms with E-state index in [-0.39, 0.29) is 17.1 Å². The van der Waals surface area contributed by atoms with Gasteiger partial charge in [0.15, 0.2) is 0 Å². The van der Waals surface area contributed by atoms with Gasteiger partial charge in [0.1, 0.15) is 11.5 Å². The molecule has 0 radical (unpaired) electrons. The topological polar surface area (TPSA) is 82.5 Å². The lowest BCUT2D eigenvalue weighted by molar-refractivity contribution is 0.102. The number of anilines is 1. The average molecular weight is 244 g/mol. The molecule has 0 aliphatic rings. The van der Waals surface area contributed by atoms with Crippen LogP contribution < -0.4 is 5.32 Å². The van der Waals surface area contributed by atoms with E-state index in [1.54, 1.807) is 18.5 Å². The van der Waals surface area contributed by atoms with Crippen molar-refractivity contribution < 1.29 is 15.0 Å². The normalized spacial score (nSPS) is 10.1. The number of aromatic hydroxyl groups is 2. The van der Waals surface area contributed by atoms with Crippen LogP contribution in [-0.4, -0.2) is 21.1 Å². The van der Waals surface area contributed by atoms with Gasteiger partial charge in [-0.3, -0.25) is 9.78 Å². The third kappa shape index (κ3) is 2.40. The molecule has 0 saturated carbocycles. The summed E-state index contributed by atoms with van der Waals surface area (Å²) in [5, 5.41) is 21.5. The average Bonchev–Trinajstić information content (AvgIpc) is 2.35. The van der Waals surface area contributed by atoms with Gasteiger partial charge in [-0.1, -0.05) is 0 Å². The Kier molecular flexibility index (Phi) is 3.14. The van der Waals surface area contributed by atoms with Gasteiger partial charge >= 0.3 is 0 Å². The second-order valence-corrected chi connectivity index (χ2v) is 3.85. The van der Waals surface area contributed by atoms with Crippen molar-refractivity contribution in [2.24, 2.45) is 0 Å². The number of hydrogen-bond acceptors (Lipinski definition) is 4. The van der Waals surface area contributed by atoms with Crippen LogP contribution in [0.4, 0.5) is 5.69 Å². The van der Waals surface area contributed by atoms with Crippen LogP contribution in [0.25, 0.3) is 0 Å². The first-order valence-corrected chi connectivity index (χ1v) is 5.32. The molecule has 0 atom stereocenters. The van der Waals surface area contributed by atoms with Crippen molar-refractivity contribution in [2.45, 2.75) is 6.92 Å². The van der Waals surface area contributed by atoms with E-state index in [2.05, 4.69) is 10.3 Å². The minimum absolute atomic E-state index is 0.0196. The number of nitrogens with one attached hydrogen (secondary N) is 1. The molecule has 0 spiro atoms. The van der Waals surface area contributed by atoms with Gasteiger partial charge in [0.25, 0.3) is 5.91 Å². The summed E-state index contributed by atoms with van der Waals surface area (Å²) in [5.74, 6) is -0.751. The summed E-state index contributed by atoms with van der Waals surface area (Å²) in [6, 6.07) is 5.45. The van der Waals surface area contributed by atoms with Crippen molar-refractivity contribution in [3.8, 4) is 11.5 Å². The highest BCUT2D eigenvalue weighted by Gasteiger charge is 2.12. The van der Waals surface area contributed by atoms with Crippen molar-refractivity contribution >= 4 is 11.6 Å². The molecule has 0 unspecified atom stereocenters. The van der Waals surface area contributed by atoms with Crippen LogP contribution in [0.5, 0.6) is 11.5 Å². The summed E-state index contributed by atoms with van der Waals surface area (Å²) in [6.45, 7) is 1.81. The molecule has 1 aromatic carbocycles. The van der Waals surface area contributed by atoms with Crippen LogP contribution in [0.15, 0.2) is 36.7 Å². The van der Waals surface area contributed by atoms with E-state index in [9.17, 15) is 15.0 Å². The molecule has 0 bridgehead atoms. The SMILES string of the molecule is Cc1cnccc1NC(=O)c1cc(O)ccc1O. The first-order valence-electron chi connectivity index (χ1n) is 5.32. The van der Waals surface area contributed by atoms with Gasteiger partial charge in [0.05, 0.1) is 5.56 Å². The fraction of sp³-hybridized carbons (Fsp3) is 0.0769. The van der Waals surface area contributed by atoms with Crippen LogP contribution in [0, 0.1) is 6.92 Å². The highest BCUT2D eigenvalue weighted by Crippen LogP contribution is 2.23. The number of rotatable bonds is 2. The molecule has 1 amide bonds. The molecular formula is C13H12N2O3. The molecule has 1 heterocycles. The molecular weight excluding hydrogens is 232 g/mol. The van der Waals surface area contributed by atoms with E-state index in [1.165, 1.54) is 18.2 Å². The largest absolute Gasteiger partial charge is 0.508 e. The predicted molar refractivity (Wildman–Crippen MR) is 66.7 cm³/mol. The maximum Gasteiger partial charge on any atom is 0.259 e. The lowest BCUT2D eigenvalue weighted by atomic mass is 10.1. The first-order chi connectivity index (χ1) is 8.58. The quantitative estimate of drug-likeness (QED) is 0.706. The number of aryl methyl sites for hydroxylation is 1. The molecule has 3 N–H and O–H groups in total. The molecule has 2 rings (SSSR count). The third-order valence-corrected chi connectivity index (χ3v) is 2.49. The van der Waals surface area contributed by atoms with E-state index < -0.39 is 5.91 Å². The van der Waals surface area contributed by atoms with E-state index in [4.69, 9.17) is 0 Å². The maximum absolute atomic E-state index is 11.9. The summed E-state index contributed by atoms with van der Waals surface area (Å²) in [4.78, 5) is 15.9. The van der Waals surface area contributed by atoms with Gasteiger partial charge in [-0.2, -0.15) is 0 Å². The fourth-order valence-electron chi connectivity index (χ4n) is 1.51. The number of nitrogens with zero attached hydrogens (tertiary/aromatic N) is 1. The number of carbonyl (C=O) groups excluding carboxylic acids is 1. The van der Waals surface area contributed by atoms with E-state index in [1.807, 2.05) is 6.92 Å². The molecule has 1 aromatic heterocycles. The van der Waals surface area contributed by atoms with Crippen molar-refractivity contribution in [1.29, 1.82) is 0 Å². The molecule has 0 aliphatic heterocycles. The highest BCUT2D eigenvalue weighted by molar-refractivity contribution is 6.06. The molecule has 92 valence electrons. The number of pyridine rings is 1. The number of phenols is 2. The van der Waals surface area contributed by atoms with Crippen molar-refractivity contribution in [2.75, 3.05) is 5.32 Å². The Morgan fingerprint density at radius 3 is 2.78 bits per heavy atom. The standard InChI is InChI=1S/C13H12N2O3/c1-8-7-14-5-4-11(8)15-13(18)10-6-9(16)2-3-12(10)17/h2-7,16-17H,1H3,(H,14,15,18). The van der Waals surface area contributed by atoms with Crippen LogP contribution >= 0.6 is 0 Å². The Morgan fingerprint density at radius 1 is 1.28 bits per heavy atom. The Hall–Kier alpha value is -2.56. The predicted octanol–water partition coefficient (Wildman–Crippen LogP) is 2.05. The number of amides is 1. The number of carbonyl (C=O) groups is 1. The van der Waals surface area contributed by atoms with Crippen LogP contribution in [0.3, 0.4) is 0 Å². The van der Waals surface area contributed by atoms with Gasteiger partial charge in [-0.25, -0.2) is 0 Å². The van der Waals surface area contributed by atoms with Crippen LogP contribution in [0.2, 0.25) is 0 Å². The second kappa shape index (κ2) is 4.75. The van der Waals surface area contributed by atoms with Crippen molar-refractivity contribution in [3.63, 3.8) is 0 Å². The van der Waals surface area contributed by atoms with Gasteiger partial charge in [0.2, 0.25) is 0 Å². The third-order valence-electron chi connectivity index (χ3n) is 2.49. The summed E-state index contributed by atoms with van der Waals surface area (Å²) >= 11 is 0. The summed E-state index contributed by atoms with van der Waals surface area (Å²) < 4.78 is 0. The summed E-state index contributed by atoms with van der Waals surface area (Å²) in [7, 11) is 0. The zero-order chi connectivity index (χ0) is 13.1. The number of benzene rings is 1. The summed E-state index contributed by atoms with van der Waals surface area (Å²) in [6.07, 6.45) is 3.18. The van der Waals surface area contributed by atoms with Crippen LogP contribution in [0.1, 0.15) is 15.9 Å². The number of aromatic nitrogens is 1. The molecule has 0 saturated heterocycles. The lowest BCUT2D eigenvalue weighted by Gasteiger charge is -2.09.